The Kier molecular flexibility index (Phi) is 4.71. The first-order valence-corrected chi connectivity index (χ1v) is 7.52. The number of hydrogen-bond acceptors (Lipinski definition) is 4. The Morgan fingerprint density at radius 2 is 2.05 bits per heavy atom. The van der Waals surface area contributed by atoms with Crippen LogP contribution in [0.3, 0.4) is 0 Å². The summed E-state index contributed by atoms with van der Waals surface area (Å²) in [5.74, 6) is -0.129. The fourth-order valence-corrected chi connectivity index (χ4v) is 3.21. The lowest BCUT2D eigenvalue weighted by Crippen LogP contribution is -2.49. The molecule has 0 aliphatic heterocycles. The number of Topliss-reactive ketones (excluding diaryl/α,β-unsaturated/α-hetero) is 1. The Morgan fingerprint density at radius 1 is 1.32 bits per heavy atom. The van der Waals surface area contributed by atoms with Crippen molar-refractivity contribution in [3.63, 3.8) is 0 Å². The van der Waals surface area contributed by atoms with Gasteiger partial charge < -0.3 is 10.4 Å². The summed E-state index contributed by atoms with van der Waals surface area (Å²) in [7, 11) is 0. The van der Waals surface area contributed by atoms with Crippen molar-refractivity contribution >= 4 is 23.0 Å². The number of amides is 1. The van der Waals surface area contributed by atoms with E-state index in [4.69, 9.17) is 0 Å². The Bertz CT molecular complexity index is 436. The number of hydrogen-bond donors (Lipinski definition) is 2. The van der Waals surface area contributed by atoms with E-state index in [9.17, 15) is 14.7 Å². The molecule has 0 unspecified atom stereocenters. The molecule has 1 aromatic heterocycles. The second-order valence-electron chi connectivity index (χ2n) is 5.09. The highest BCUT2D eigenvalue weighted by molar-refractivity contribution is 7.12. The molecule has 1 aliphatic rings. The Balaban J connectivity index is 1.80. The van der Waals surface area contributed by atoms with Gasteiger partial charge >= 0.3 is 0 Å². The van der Waals surface area contributed by atoms with Crippen molar-refractivity contribution in [3.8, 4) is 0 Å². The highest BCUT2D eigenvalue weighted by Gasteiger charge is 2.34. The molecule has 0 spiro atoms. The molecule has 4 nitrogen and oxygen atoms in total. The number of carbonyl (C=O) groups is 2. The smallest absolute Gasteiger partial charge is 0.220 e. The summed E-state index contributed by atoms with van der Waals surface area (Å²) in [5.41, 5.74) is -0.441. The van der Waals surface area contributed by atoms with Crippen LogP contribution in [-0.4, -0.2) is 28.9 Å². The van der Waals surface area contributed by atoms with E-state index in [0.717, 1.165) is 25.7 Å². The summed E-state index contributed by atoms with van der Waals surface area (Å²) in [6.07, 6.45) is 4.15. The van der Waals surface area contributed by atoms with Gasteiger partial charge in [0.15, 0.2) is 5.78 Å². The minimum atomic E-state index is -0.441. The van der Waals surface area contributed by atoms with Crippen LogP contribution in [0.1, 0.15) is 48.2 Å². The van der Waals surface area contributed by atoms with Crippen LogP contribution in [0.4, 0.5) is 0 Å². The van der Waals surface area contributed by atoms with Crippen LogP contribution in [0.15, 0.2) is 17.5 Å². The number of aliphatic hydroxyl groups excluding tert-OH is 1. The molecular weight excluding hydrogens is 262 g/mol. The van der Waals surface area contributed by atoms with E-state index in [1.165, 1.54) is 11.3 Å². The maximum atomic E-state index is 11.9. The Hall–Kier alpha value is -1.20. The van der Waals surface area contributed by atoms with Gasteiger partial charge in [-0.3, -0.25) is 9.59 Å². The van der Waals surface area contributed by atoms with Gasteiger partial charge in [-0.05, 0) is 24.3 Å². The van der Waals surface area contributed by atoms with Gasteiger partial charge in [0.25, 0.3) is 0 Å². The predicted molar refractivity (Wildman–Crippen MR) is 74.3 cm³/mol. The van der Waals surface area contributed by atoms with E-state index in [0.29, 0.717) is 4.88 Å². The van der Waals surface area contributed by atoms with Crippen molar-refractivity contribution in [3.05, 3.63) is 22.4 Å². The molecule has 0 aromatic carbocycles. The third-order valence-corrected chi connectivity index (χ3v) is 4.55. The quantitative estimate of drug-likeness (QED) is 0.785. The molecule has 1 aromatic rings. The normalized spacial score (nSPS) is 17.3. The van der Waals surface area contributed by atoms with Crippen LogP contribution in [0.5, 0.6) is 0 Å². The predicted octanol–water partition coefficient (Wildman–Crippen LogP) is 2.13. The number of nitrogens with one attached hydrogen (secondary N) is 1. The van der Waals surface area contributed by atoms with Gasteiger partial charge in [-0.1, -0.05) is 18.9 Å². The zero-order valence-electron chi connectivity index (χ0n) is 10.9. The molecule has 19 heavy (non-hydrogen) atoms. The lowest BCUT2D eigenvalue weighted by molar-refractivity contribution is -0.123. The number of thiophene rings is 1. The maximum Gasteiger partial charge on any atom is 0.220 e. The molecule has 1 amide bonds. The molecule has 1 saturated carbocycles. The topological polar surface area (TPSA) is 66.4 Å². The molecule has 5 heteroatoms. The van der Waals surface area contributed by atoms with Gasteiger partial charge in [-0.25, -0.2) is 0 Å². The first-order valence-electron chi connectivity index (χ1n) is 6.64. The second-order valence-corrected chi connectivity index (χ2v) is 6.04. The molecule has 0 radical (unpaired) electrons. The van der Waals surface area contributed by atoms with Crippen LogP contribution in [0.2, 0.25) is 0 Å². The molecule has 0 saturated heterocycles. The summed E-state index contributed by atoms with van der Waals surface area (Å²) in [4.78, 5) is 24.3. The average Bonchev–Trinajstić information content (AvgIpc) is 3.07. The van der Waals surface area contributed by atoms with E-state index < -0.39 is 5.54 Å². The van der Waals surface area contributed by atoms with Crippen LogP contribution in [-0.2, 0) is 4.79 Å². The first-order chi connectivity index (χ1) is 9.15. The summed E-state index contributed by atoms with van der Waals surface area (Å²) in [5, 5.41) is 14.2. The minimum absolute atomic E-state index is 0.00891. The van der Waals surface area contributed by atoms with Crippen LogP contribution in [0.25, 0.3) is 0 Å². The van der Waals surface area contributed by atoms with Crippen molar-refractivity contribution in [2.24, 2.45) is 0 Å². The van der Waals surface area contributed by atoms with E-state index in [1.54, 1.807) is 6.07 Å². The zero-order chi connectivity index (χ0) is 13.7. The average molecular weight is 281 g/mol. The molecule has 1 fully saturated rings. The summed E-state index contributed by atoms with van der Waals surface area (Å²) in [6.45, 7) is -0.0163. The molecule has 1 heterocycles. The lowest BCUT2D eigenvalue weighted by Gasteiger charge is -2.27. The maximum absolute atomic E-state index is 11.9. The van der Waals surface area contributed by atoms with Crippen LogP contribution >= 0.6 is 11.3 Å². The fourth-order valence-electron chi connectivity index (χ4n) is 2.52. The molecule has 104 valence electrons. The van der Waals surface area contributed by atoms with Gasteiger partial charge in [0.2, 0.25) is 5.91 Å². The third-order valence-electron chi connectivity index (χ3n) is 3.64. The zero-order valence-corrected chi connectivity index (χ0v) is 11.7. The number of ketones is 1. The van der Waals surface area contributed by atoms with E-state index in [2.05, 4.69) is 5.32 Å². The first kappa shape index (κ1) is 14.2. The number of rotatable bonds is 6. The summed E-state index contributed by atoms with van der Waals surface area (Å²) in [6, 6.07) is 3.61. The minimum Gasteiger partial charge on any atom is -0.394 e. The monoisotopic (exact) mass is 281 g/mol. The summed E-state index contributed by atoms with van der Waals surface area (Å²) >= 11 is 1.40. The van der Waals surface area contributed by atoms with Crippen molar-refractivity contribution in [1.29, 1.82) is 0 Å². The van der Waals surface area contributed by atoms with Gasteiger partial charge in [-0.15, -0.1) is 11.3 Å². The van der Waals surface area contributed by atoms with E-state index in [1.807, 2.05) is 11.4 Å². The lowest BCUT2D eigenvalue weighted by atomic mass is 9.98. The number of aliphatic hydroxyl groups is 1. The molecule has 2 rings (SSSR count). The van der Waals surface area contributed by atoms with Crippen LogP contribution in [0, 0.1) is 0 Å². The van der Waals surface area contributed by atoms with E-state index >= 15 is 0 Å². The largest absolute Gasteiger partial charge is 0.394 e. The fraction of sp³-hybridized carbons (Fsp3) is 0.571. The highest BCUT2D eigenvalue weighted by atomic mass is 32.1. The van der Waals surface area contributed by atoms with Gasteiger partial charge in [0.05, 0.1) is 17.0 Å². The van der Waals surface area contributed by atoms with Gasteiger partial charge in [0.1, 0.15) is 0 Å². The van der Waals surface area contributed by atoms with Gasteiger partial charge in [-0.2, -0.15) is 0 Å². The summed E-state index contributed by atoms with van der Waals surface area (Å²) < 4.78 is 0. The molecule has 0 bridgehead atoms. The molecule has 1 aliphatic carbocycles. The van der Waals surface area contributed by atoms with E-state index in [-0.39, 0.29) is 31.1 Å². The van der Waals surface area contributed by atoms with Crippen LogP contribution < -0.4 is 5.32 Å². The molecular formula is C14H19NO3S. The van der Waals surface area contributed by atoms with Crippen molar-refractivity contribution in [1.82, 2.24) is 5.32 Å². The van der Waals surface area contributed by atoms with Crippen molar-refractivity contribution in [2.45, 2.75) is 44.1 Å². The number of carbonyl (C=O) groups excluding carboxylic acids is 2. The Morgan fingerprint density at radius 3 is 2.63 bits per heavy atom. The SMILES string of the molecule is O=C(CCC(=O)c1cccs1)NC1(CO)CCCC1. The highest BCUT2D eigenvalue weighted by Crippen LogP contribution is 2.29. The third kappa shape index (κ3) is 3.64. The Labute approximate surface area is 116 Å². The second kappa shape index (κ2) is 6.30. The van der Waals surface area contributed by atoms with Crippen molar-refractivity contribution in [2.75, 3.05) is 6.61 Å². The van der Waals surface area contributed by atoms with Gasteiger partial charge in [0, 0.05) is 12.8 Å². The standard InChI is InChI=1S/C14H19NO3S/c16-10-14(7-1-2-8-14)15-13(18)6-5-11(17)12-4-3-9-19-12/h3-4,9,16H,1-2,5-8,10H2,(H,15,18). The van der Waals surface area contributed by atoms with Crippen molar-refractivity contribution < 1.29 is 14.7 Å². The molecule has 0 atom stereocenters. The molecule has 2 N–H and O–H groups in total.